The zero-order valence-corrected chi connectivity index (χ0v) is 19.9. The van der Waals surface area contributed by atoms with Crippen molar-refractivity contribution in [2.45, 2.75) is 26.2 Å². The van der Waals surface area contributed by atoms with Crippen molar-refractivity contribution >= 4 is 39.9 Å². The highest BCUT2D eigenvalue weighted by Gasteiger charge is 2.25. The summed E-state index contributed by atoms with van der Waals surface area (Å²) in [5, 5.41) is 10.4. The van der Waals surface area contributed by atoms with Crippen molar-refractivity contribution in [3.8, 4) is 0 Å². The van der Waals surface area contributed by atoms with E-state index in [4.69, 9.17) is 10.5 Å². The lowest BCUT2D eigenvalue weighted by Gasteiger charge is -2.19. The predicted octanol–water partition coefficient (Wildman–Crippen LogP) is 4.71. The molecule has 0 aliphatic carbocycles. The zero-order valence-electron chi connectivity index (χ0n) is 19.9. The summed E-state index contributed by atoms with van der Waals surface area (Å²) in [6, 6.07) is 15.2. The van der Waals surface area contributed by atoms with Crippen LogP contribution >= 0.6 is 0 Å². The van der Waals surface area contributed by atoms with Gasteiger partial charge in [0.25, 0.3) is 5.91 Å². The number of ketones is 1. The van der Waals surface area contributed by atoms with Gasteiger partial charge in [-0.2, -0.15) is 5.10 Å². The van der Waals surface area contributed by atoms with Gasteiger partial charge in [0.1, 0.15) is 0 Å². The van der Waals surface area contributed by atoms with E-state index in [1.165, 1.54) is 19.2 Å². The Labute approximate surface area is 202 Å². The first-order valence-corrected chi connectivity index (χ1v) is 11.0. The highest BCUT2D eigenvalue weighted by atomic mass is 16.5. The number of anilines is 2. The second-order valence-electron chi connectivity index (χ2n) is 9.22. The highest BCUT2D eigenvalue weighted by Crippen LogP contribution is 2.31. The lowest BCUT2D eigenvalue weighted by Crippen LogP contribution is -2.18. The van der Waals surface area contributed by atoms with Gasteiger partial charge in [-0.15, -0.1) is 0 Å². The smallest absolute Gasteiger partial charge is 0.338 e. The van der Waals surface area contributed by atoms with Gasteiger partial charge in [0, 0.05) is 16.5 Å². The van der Waals surface area contributed by atoms with Gasteiger partial charge in [-0.1, -0.05) is 51.1 Å². The third-order valence-electron chi connectivity index (χ3n) is 5.84. The van der Waals surface area contributed by atoms with Gasteiger partial charge in [0.05, 0.1) is 41.3 Å². The van der Waals surface area contributed by atoms with Gasteiger partial charge in [-0.05, 0) is 35.2 Å². The number of ether oxygens (including phenoxy) is 1. The van der Waals surface area contributed by atoms with E-state index in [9.17, 15) is 14.4 Å². The Morgan fingerprint density at radius 1 is 0.971 bits per heavy atom. The number of aromatic amines is 1. The number of fused-ring (bicyclic) bond motifs is 1. The number of amides is 1. The second-order valence-corrected chi connectivity index (χ2v) is 9.22. The number of methoxy groups -OCH3 is 1. The van der Waals surface area contributed by atoms with Gasteiger partial charge < -0.3 is 15.8 Å². The maximum atomic E-state index is 13.5. The van der Waals surface area contributed by atoms with E-state index in [0.29, 0.717) is 16.6 Å². The lowest BCUT2D eigenvalue weighted by molar-refractivity contribution is 0.0597. The zero-order chi connectivity index (χ0) is 25.3. The van der Waals surface area contributed by atoms with Crippen molar-refractivity contribution in [1.29, 1.82) is 0 Å². The van der Waals surface area contributed by atoms with Crippen LogP contribution in [0.2, 0.25) is 0 Å². The number of benzene rings is 3. The van der Waals surface area contributed by atoms with Crippen molar-refractivity contribution in [1.82, 2.24) is 10.2 Å². The van der Waals surface area contributed by atoms with Crippen LogP contribution in [0.3, 0.4) is 0 Å². The van der Waals surface area contributed by atoms with Crippen LogP contribution in [0.5, 0.6) is 0 Å². The van der Waals surface area contributed by atoms with Gasteiger partial charge in [0.2, 0.25) is 0 Å². The van der Waals surface area contributed by atoms with Crippen molar-refractivity contribution in [2.75, 3.05) is 18.2 Å². The molecule has 0 aliphatic heterocycles. The summed E-state index contributed by atoms with van der Waals surface area (Å²) in [5.74, 6) is -1.57. The van der Waals surface area contributed by atoms with Crippen molar-refractivity contribution in [3.05, 3.63) is 88.6 Å². The lowest BCUT2D eigenvalue weighted by atomic mass is 9.86. The molecule has 3 aromatic carbocycles. The van der Waals surface area contributed by atoms with E-state index in [1.54, 1.807) is 36.5 Å². The minimum absolute atomic E-state index is 0.0197. The van der Waals surface area contributed by atoms with Crippen LogP contribution in [-0.4, -0.2) is 35.0 Å². The monoisotopic (exact) mass is 470 g/mol. The molecule has 4 rings (SSSR count). The van der Waals surface area contributed by atoms with Crippen molar-refractivity contribution in [2.24, 2.45) is 0 Å². The molecule has 0 unspecified atom stereocenters. The van der Waals surface area contributed by atoms with Crippen LogP contribution < -0.4 is 11.1 Å². The van der Waals surface area contributed by atoms with Crippen LogP contribution in [0, 0.1) is 0 Å². The van der Waals surface area contributed by atoms with E-state index in [1.807, 2.05) is 12.1 Å². The summed E-state index contributed by atoms with van der Waals surface area (Å²) in [6.07, 6.45) is 1.66. The van der Waals surface area contributed by atoms with Crippen LogP contribution in [0.25, 0.3) is 10.9 Å². The molecule has 8 nitrogen and oxygen atoms in total. The largest absolute Gasteiger partial charge is 0.465 e. The number of rotatable bonds is 5. The quantitative estimate of drug-likeness (QED) is 0.220. The van der Waals surface area contributed by atoms with E-state index in [2.05, 4.69) is 36.3 Å². The fourth-order valence-corrected chi connectivity index (χ4v) is 3.79. The number of H-pyrrole nitrogens is 1. The molecule has 0 spiro atoms. The van der Waals surface area contributed by atoms with Crippen LogP contribution in [0.1, 0.15) is 63.0 Å². The topological polar surface area (TPSA) is 127 Å². The maximum absolute atomic E-state index is 13.5. The summed E-state index contributed by atoms with van der Waals surface area (Å²) in [5.41, 5.74) is 8.97. The summed E-state index contributed by atoms with van der Waals surface area (Å²) in [7, 11) is 1.23. The predicted molar refractivity (Wildman–Crippen MR) is 135 cm³/mol. The number of carbonyl (C=O) groups excluding carboxylic acids is 3. The molecular weight excluding hydrogens is 444 g/mol. The molecule has 0 saturated carbocycles. The van der Waals surface area contributed by atoms with Crippen molar-refractivity contribution < 1.29 is 19.1 Å². The minimum atomic E-state index is -0.700. The third-order valence-corrected chi connectivity index (χ3v) is 5.84. The summed E-state index contributed by atoms with van der Waals surface area (Å²) >= 11 is 0. The molecule has 0 saturated heterocycles. The Hall–Kier alpha value is -4.46. The molecule has 35 heavy (non-hydrogen) atoms. The Morgan fingerprint density at radius 2 is 1.66 bits per heavy atom. The van der Waals surface area contributed by atoms with E-state index in [0.717, 1.165) is 10.9 Å². The van der Waals surface area contributed by atoms with Crippen LogP contribution in [0.4, 0.5) is 11.4 Å². The van der Waals surface area contributed by atoms with Crippen LogP contribution in [0.15, 0.2) is 60.8 Å². The Kier molecular flexibility index (Phi) is 6.13. The van der Waals surface area contributed by atoms with E-state index in [-0.39, 0.29) is 27.9 Å². The maximum Gasteiger partial charge on any atom is 0.338 e. The first kappa shape index (κ1) is 23.7. The van der Waals surface area contributed by atoms with E-state index >= 15 is 0 Å². The molecule has 8 heteroatoms. The SMILES string of the molecule is COC(=O)c1ccc(NC(=O)c2ccc3cn[nH]c3c2)c(N)c1C(=O)c1ccc(C(C)(C)C)cc1. The minimum Gasteiger partial charge on any atom is -0.465 e. The molecule has 0 aliphatic rings. The molecular formula is C27H26N4O4. The molecule has 1 aromatic heterocycles. The first-order chi connectivity index (χ1) is 16.6. The number of nitrogen functional groups attached to an aromatic ring is 1. The fourth-order valence-electron chi connectivity index (χ4n) is 3.79. The number of hydrogen-bond donors (Lipinski definition) is 3. The number of nitrogens with zero attached hydrogens (tertiary/aromatic N) is 1. The molecule has 0 atom stereocenters. The van der Waals surface area contributed by atoms with Crippen molar-refractivity contribution in [3.63, 3.8) is 0 Å². The average Bonchev–Trinajstić information content (AvgIpc) is 3.31. The van der Waals surface area contributed by atoms with E-state index < -0.39 is 17.7 Å². The number of carbonyl (C=O) groups is 3. The summed E-state index contributed by atoms with van der Waals surface area (Å²) in [4.78, 5) is 38.8. The molecule has 4 N–H and O–H groups in total. The summed E-state index contributed by atoms with van der Waals surface area (Å²) < 4.78 is 4.86. The number of esters is 1. The van der Waals surface area contributed by atoms with Gasteiger partial charge in [-0.3, -0.25) is 14.7 Å². The highest BCUT2D eigenvalue weighted by molar-refractivity contribution is 6.19. The molecule has 178 valence electrons. The molecule has 0 fully saturated rings. The molecule has 1 heterocycles. The Morgan fingerprint density at radius 3 is 2.31 bits per heavy atom. The number of hydrogen-bond acceptors (Lipinski definition) is 6. The Balaban J connectivity index is 1.72. The Bertz CT molecular complexity index is 1450. The second kappa shape index (κ2) is 9.06. The standard InChI is InChI=1S/C27H26N4O4/c1-27(2,3)18-9-7-15(8-10-18)24(32)22-19(26(34)35-4)11-12-20(23(22)28)30-25(33)16-5-6-17-14-29-31-21(17)13-16/h5-14H,28H2,1-4H3,(H,29,31)(H,30,33). The van der Waals surface area contributed by atoms with Gasteiger partial charge >= 0.3 is 5.97 Å². The number of nitrogens with two attached hydrogens (primary N) is 1. The fraction of sp³-hybridized carbons (Fsp3) is 0.185. The third kappa shape index (κ3) is 4.63. The summed E-state index contributed by atoms with van der Waals surface area (Å²) in [6.45, 7) is 6.23. The van der Waals surface area contributed by atoms with Gasteiger partial charge in [0.15, 0.2) is 5.78 Å². The molecule has 0 radical (unpaired) electrons. The average molecular weight is 471 g/mol. The molecule has 1 amide bonds. The molecule has 0 bridgehead atoms. The first-order valence-electron chi connectivity index (χ1n) is 11.0. The van der Waals surface area contributed by atoms with Crippen LogP contribution in [-0.2, 0) is 10.2 Å². The normalized spacial score (nSPS) is 11.3. The number of aromatic nitrogens is 2. The van der Waals surface area contributed by atoms with Gasteiger partial charge in [-0.25, -0.2) is 4.79 Å². The number of nitrogens with one attached hydrogen (secondary N) is 2. The molecule has 4 aromatic rings.